The minimum absolute atomic E-state index is 0.145. The third kappa shape index (κ3) is 2.25. The maximum Gasteiger partial charge on any atom is 0.312 e. The molecule has 96 valence electrons. The van der Waals surface area contributed by atoms with Gasteiger partial charge in [-0.25, -0.2) is 0 Å². The fourth-order valence-corrected chi connectivity index (χ4v) is 1.53. The molecule has 1 amide bonds. The van der Waals surface area contributed by atoms with Crippen LogP contribution in [0.2, 0.25) is 0 Å². The molecule has 0 aliphatic heterocycles. The molecule has 0 atom stereocenters. The fraction of sp³-hybridized carbons (Fsp3) is 0.364. The van der Waals surface area contributed by atoms with Gasteiger partial charge < -0.3 is 15.8 Å². The lowest BCUT2D eigenvalue weighted by Gasteiger charge is -2.10. The molecule has 1 fully saturated rings. The van der Waals surface area contributed by atoms with Crippen LogP contribution in [-0.2, 0) is 4.79 Å². The van der Waals surface area contributed by atoms with Gasteiger partial charge in [-0.3, -0.25) is 14.9 Å². The highest BCUT2D eigenvalue weighted by Gasteiger charge is 2.46. The summed E-state index contributed by atoms with van der Waals surface area (Å²) in [4.78, 5) is 21.9. The Morgan fingerprint density at radius 1 is 1.56 bits per heavy atom. The lowest BCUT2D eigenvalue weighted by Crippen LogP contribution is -2.37. The Bertz CT molecular complexity index is 511. The second-order valence-corrected chi connectivity index (χ2v) is 4.25. The maximum absolute atomic E-state index is 11.7. The van der Waals surface area contributed by atoms with Crippen LogP contribution in [0, 0.1) is 10.1 Å². The van der Waals surface area contributed by atoms with E-state index < -0.39 is 10.5 Å². The molecule has 0 heterocycles. The second-order valence-electron chi connectivity index (χ2n) is 4.25. The molecule has 1 aromatic carbocycles. The zero-order chi connectivity index (χ0) is 13.3. The summed E-state index contributed by atoms with van der Waals surface area (Å²) >= 11 is 0. The highest BCUT2D eigenvalue weighted by atomic mass is 16.6. The number of nitrogens with zero attached hydrogens (tertiary/aromatic N) is 1. The lowest BCUT2D eigenvalue weighted by atomic mass is 10.2. The summed E-state index contributed by atoms with van der Waals surface area (Å²) in [6.07, 6.45) is 1.27. The molecule has 2 rings (SSSR count). The van der Waals surface area contributed by atoms with Crippen molar-refractivity contribution in [2.45, 2.75) is 18.4 Å². The first-order chi connectivity index (χ1) is 8.46. The van der Waals surface area contributed by atoms with Gasteiger partial charge >= 0.3 is 5.69 Å². The van der Waals surface area contributed by atoms with E-state index in [9.17, 15) is 14.9 Å². The number of hydrogen-bond donors (Lipinski definition) is 2. The van der Waals surface area contributed by atoms with Crippen LogP contribution in [0.15, 0.2) is 18.2 Å². The maximum atomic E-state index is 11.7. The SMILES string of the molecule is COc1ccc(NC(=O)C2(N)CC2)cc1[N+](=O)[O-]. The molecule has 7 nitrogen and oxygen atoms in total. The van der Waals surface area contributed by atoms with E-state index in [2.05, 4.69) is 5.32 Å². The Balaban J connectivity index is 2.21. The van der Waals surface area contributed by atoms with Gasteiger partial charge in [-0.2, -0.15) is 0 Å². The zero-order valence-electron chi connectivity index (χ0n) is 9.80. The number of carbonyl (C=O) groups is 1. The number of nitrogens with one attached hydrogen (secondary N) is 1. The Hall–Kier alpha value is -2.15. The molecule has 0 radical (unpaired) electrons. The summed E-state index contributed by atoms with van der Waals surface area (Å²) in [6, 6.07) is 4.22. The van der Waals surface area contributed by atoms with Gasteiger partial charge in [-0.05, 0) is 25.0 Å². The minimum atomic E-state index is -0.811. The predicted molar refractivity (Wildman–Crippen MR) is 64.4 cm³/mol. The molecule has 0 spiro atoms. The van der Waals surface area contributed by atoms with Crippen molar-refractivity contribution in [3.63, 3.8) is 0 Å². The molecule has 1 aliphatic carbocycles. The van der Waals surface area contributed by atoms with E-state index in [1.807, 2.05) is 0 Å². The number of rotatable bonds is 4. The van der Waals surface area contributed by atoms with Crippen LogP contribution in [0.4, 0.5) is 11.4 Å². The van der Waals surface area contributed by atoms with Crippen molar-refractivity contribution in [2.24, 2.45) is 5.73 Å². The predicted octanol–water partition coefficient (Wildman–Crippen LogP) is 1.03. The summed E-state index contributed by atoms with van der Waals surface area (Å²) < 4.78 is 4.87. The van der Waals surface area contributed by atoms with Gasteiger partial charge in [-0.1, -0.05) is 0 Å². The van der Waals surface area contributed by atoms with Gasteiger partial charge in [0, 0.05) is 11.8 Å². The highest BCUT2D eigenvalue weighted by Crippen LogP contribution is 2.34. The molecule has 1 saturated carbocycles. The monoisotopic (exact) mass is 251 g/mol. The average Bonchev–Trinajstić information content (AvgIpc) is 3.08. The largest absolute Gasteiger partial charge is 0.490 e. The minimum Gasteiger partial charge on any atom is -0.490 e. The van der Waals surface area contributed by atoms with Crippen molar-refractivity contribution in [1.82, 2.24) is 0 Å². The van der Waals surface area contributed by atoms with Gasteiger partial charge in [0.15, 0.2) is 5.75 Å². The standard InChI is InChI=1S/C11H13N3O4/c1-18-9-3-2-7(6-8(9)14(16)17)13-10(15)11(12)4-5-11/h2-3,6H,4-5,12H2,1H3,(H,13,15). The van der Waals surface area contributed by atoms with Crippen molar-refractivity contribution in [3.8, 4) is 5.75 Å². The van der Waals surface area contributed by atoms with Crippen LogP contribution in [0.25, 0.3) is 0 Å². The van der Waals surface area contributed by atoms with Crippen molar-refractivity contribution in [3.05, 3.63) is 28.3 Å². The number of ether oxygens (including phenoxy) is 1. The number of hydrogen-bond acceptors (Lipinski definition) is 5. The van der Waals surface area contributed by atoms with Crippen LogP contribution in [-0.4, -0.2) is 23.5 Å². The quantitative estimate of drug-likeness (QED) is 0.613. The summed E-state index contributed by atoms with van der Waals surface area (Å²) in [5.41, 5.74) is 5.05. The number of nitro benzene ring substituents is 1. The Labute approximate surface area is 103 Å². The third-order valence-electron chi connectivity index (χ3n) is 2.87. The van der Waals surface area contributed by atoms with Crippen molar-refractivity contribution < 1.29 is 14.5 Å². The summed E-state index contributed by atoms with van der Waals surface area (Å²) in [5, 5.41) is 13.4. The van der Waals surface area contributed by atoms with E-state index in [0.717, 1.165) is 0 Å². The van der Waals surface area contributed by atoms with Crippen molar-refractivity contribution in [2.75, 3.05) is 12.4 Å². The number of benzene rings is 1. The molecule has 18 heavy (non-hydrogen) atoms. The first kappa shape index (κ1) is 12.3. The van der Waals surface area contributed by atoms with E-state index >= 15 is 0 Å². The zero-order valence-corrected chi connectivity index (χ0v) is 9.80. The number of nitro groups is 1. The van der Waals surface area contributed by atoms with E-state index in [1.165, 1.54) is 25.3 Å². The van der Waals surface area contributed by atoms with Crippen LogP contribution < -0.4 is 15.8 Å². The molecular formula is C11H13N3O4. The van der Waals surface area contributed by atoms with Crippen molar-refractivity contribution in [1.29, 1.82) is 0 Å². The Morgan fingerprint density at radius 2 is 2.22 bits per heavy atom. The number of methoxy groups -OCH3 is 1. The van der Waals surface area contributed by atoms with E-state index in [1.54, 1.807) is 0 Å². The molecule has 1 aliphatic rings. The van der Waals surface area contributed by atoms with Crippen LogP contribution >= 0.6 is 0 Å². The molecule has 0 aromatic heterocycles. The Kier molecular flexibility index (Phi) is 2.92. The smallest absolute Gasteiger partial charge is 0.312 e. The summed E-state index contributed by atoms with van der Waals surface area (Å²) in [6.45, 7) is 0. The Morgan fingerprint density at radius 3 is 2.72 bits per heavy atom. The summed E-state index contributed by atoms with van der Waals surface area (Å²) in [7, 11) is 1.35. The molecule has 1 aromatic rings. The first-order valence-electron chi connectivity index (χ1n) is 5.39. The molecular weight excluding hydrogens is 238 g/mol. The molecule has 7 heteroatoms. The van der Waals surface area contributed by atoms with Gasteiger partial charge in [0.1, 0.15) is 0 Å². The molecule has 0 saturated heterocycles. The lowest BCUT2D eigenvalue weighted by molar-refractivity contribution is -0.385. The van der Waals surface area contributed by atoms with Gasteiger partial charge in [-0.15, -0.1) is 0 Å². The van der Waals surface area contributed by atoms with Gasteiger partial charge in [0.2, 0.25) is 5.91 Å². The fourth-order valence-electron chi connectivity index (χ4n) is 1.53. The third-order valence-corrected chi connectivity index (χ3v) is 2.87. The first-order valence-corrected chi connectivity index (χ1v) is 5.39. The van der Waals surface area contributed by atoms with Crippen LogP contribution in [0.5, 0.6) is 5.75 Å². The normalized spacial score (nSPS) is 15.9. The van der Waals surface area contributed by atoms with E-state index in [4.69, 9.17) is 10.5 Å². The van der Waals surface area contributed by atoms with Crippen LogP contribution in [0.3, 0.4) is 0 Å². The van der Waals surface area contributed by atoms with Gasteiger partial charge in [0.25, 0.3) is 0 Å². The van der Waals surface area contributed by atoms with Gasteiger partial charge in [0.05, 0.1) is 17.6 Å². The molecule has 0 bridgehead atoms. The topological polar surface area (TPSA) is 107 Å². The second kappa shape index (κ2) is 4.26. The summed E-state index contributed by atoms with van der Waals surface area (Å²) in [5.74, 6) is -0.172. The number of carbonyl (C=O) groups excluding carboxylic acids is 1. The van der Waals surface area contributed by atoms with Crippen LogP contribution in [0.1, 0.15) is 12.8 Å². The van der Waals surface area contributed by atoms with E-state index in [-0.39, 0.29) is 17.3 Å². The van der Waals surface area contributed by atoms with Crippen molar-refractivity contribution >= 4 is 17.3 Å². The number of anilines is 1. The number of nitrogens with two attached hydrogens (primary N) is 1. The highest BCUT2D eigenvalue weighted by molar-refractivity contribution is 6.00. The average molecular weight is 251 g/mol. The number of amides is 1. The molecule has 3 N–H and O–H groups in total. The molecule has 0 unspecified atom stereocenters. The van der Waals surface area contributed by atoms with E-state index in [0.29, 0.717) is 18.5 Å².